The van der Waals surface area contributed by atoms with Crippen LogP contribution in [-0.4, -0.2) is 37.2 Å². The van der Waals surface area contributed by atoms with E-state index in [0.717, 1.165) is 64.2 Å². The van der Waals surface area contributed by atoms with E-state index in [1.807, 2.05) is 0 Å². The van der Waals surface area contributed by atoms with Crippen molar-refractivity contribution in [1.82, 2.24) is 0 Å². The number of carbonyl (C=O) groups is 3. The van der Waals surface area contributed by atoms with E-state index in [1.165, 1.54) is 283 Å². The molecule has 0 aromatic heterocycles. The fraction of sp³-hybridized carbons (Fsp3) is 0.926. The Balaban J connectivity index is 4.17. The Morgan fingerprint density at radius 2 is 0.446 bits per heavy atom. The minimum Gasteiger partial charge on any atom is -0.462 e. The van der Waals surface area contributed by atoms with E-state index in [9.17, 15) is 14.4 Å². The van der Waals surface area contributed by atoms with Gasteiger partial charge in [0, 0.05) is 19.3 Å². The zero-order valence-electron chi connectivity index (χ0n) is 50.4. The van der Waals surface area contributed by atoms with E-state index in [4.69, 9.17) is 14.2 Å². The van der Waals surface area contributed by atoms with Gasteiger partial charge in [-0.2, -0.15) is 0 Å². The molecule has 1 unspecified atom stereocenters. The minimum absolute atomic E-state index is 0.0669. The van der Waals surface area contributed by atoms with Gasteiger partial charge in [0.1, 0.15) is 13.2 Å². The third-order valence-electron chi connectivity index (χ3n) is 15.5. The molecule has 0 aliphatic rings. The largest absolute Gasteiger partial charge is 0.462 e. The van der Waals surface area contributed by atoms with Gasteiger partial charge >= 0.3 is 17.9 Å². The van der Waals surface area contributed by atoms with Crippen molar-refractivity contribution in [2.24, 2.45) is 0 Å². The third-order valence-corrected chi connectivity index (χ3v) is 15.5. The Kier molecular flexibility index (Phi) is 62.1. The Bertz CT molecular complexity index is 1150. The number of esters is 3. The molecule has 0 amide bonds. The van der Waals surface area contributed by atoms with Gasteiger partial charge in [-0.05, 0) is 44.9 Å². The number of carbonyl (C=O) groups excluding carboxylic acids is 3. The second-order valence-electron chi connectivity index (χ2n) is 23.1. The summed E-state index contributed by atoms with van der Waals surface area (Å²) in [4.78, 5) is 38.3. The average Bonchev–Trinajstić information content (AvgIpc) is 3.40. The van der Waals surface area contributed by atoms with Gasteiger partial charge in [0.15, 0.2) is 6.10 Å². The molecule has 0 aliphatic carbocycles. The Labute approximate surface area is 462 Å². The molecule has 0 saturated heterocycles. The predicted molar refractivity (Wildman–Crippen MR) is 321 cm³/mol. The van der Waals surface area contributed by atoms with Crippen LogP contribution >= 0.6 is 0 Å². The first kappa shape index (κ1) is 72.2. The van der Waals surface area contributed by atoms with Crippen LogP contribution in [0.2, 0.25) is 0 Å². The lowest BCUT2D eigenvalue weighted by atomic mass is 10.0. The molecule has 0 bridgehead atoms. The van der Waals surface area contributed by atoms with Crippen molar-refractivity contribution in [3.05, 3.63) is 12.2 Å². The molecule has 0 rings (SSSR count). The van der Waals surface area contributed by atoms with Crippen molar-refractivity contribution in [2.45, 2.75) is 393 Å². The number of hydrogen-bond donors (Lipinski definition) is 0. The van der Waals surface area contributed by atoms with Crippen molar-refractivity contribution < 1.29 is 28.6 Å². The Hall–Kier alpha value is -1.85. The second-order valence-corrected chi connectivity index (χ2v) is 23.1. The summed E-state index contributed by atoms with van der Waals surface area (Å²) in [7, 11) is 0. The van der Waals surface area contributed by atoms with Gasteiger partial charge in [-0.15, -0.1) is 0 Å². The number of ether oxygens (including phenoxy) is 3. The number of rotatable bonds is 63. The summed E-state index contributed by atoms with van der Waals surface area (Å²) < 4.78 is 16.9. The molecule has 0 aromatic rings. The van der Waals surface area contributed by atoms with Crippen LogP contribution in [0.25, 0.3) is 0 Å². The molecule has 0 saturated carbocycles. The third kappa shape index (κ3) is 61.0. The highest BCUT2D eigenvalue weighted by atomic mass is 16.6. The van der Waals surface area contributed by atoms with Crippen molar-refractivity contribution in [3.8, 4) is 0 Å². The van der Waals surface area contributed by atoms with E-state index in [1.54, 1.807) is 0 Å². The van der Waals surface area contributed by atoms with Crippen LogP contribution in [0.5, 0.6) is 0 Å². The molecule has 0 spiro atoms. The monoisotopic (exact) mass is 1040 g/mol. The summed E-state index contributed by atoms with van der Waals surface area (Å²) in [5.41, 5.74) is 0. The zero-order chi connectivity index (χ0) is 53.6. The van der Waals surface area contributed by atoms with Crippen LogP contribution in [-0.2, 0) is 28.6 Å². The number of unbranched alkanes of at least 4 members (excludes halogenated alkanes) is 50. The molecule has 6 heteroatoms. The molecule has 1 atom stereocenters. The highest BCUT2D eigenvalue weighted by Gasteiger charge is 2.19. The van der Waals surface area contributed by atoms with Gasteiger partial charge in [0.25, 0.3) is 0 Å². The smallest absolute Gasteiger partial charge is 0.306 e. The lowest BCUT2D eigenvalue weighted by Gasteiger charge is -2.18. The first-order valence-electron chi connectivity index (χ1n) is 33.7. The van der Waals surface area contributed by atoms with Crippen molar-refractivity contribution in [2.75, 3.05) is 13.2 Å². The number of allylic oxidation sites excluding steroid dienone is 2. The molecule has 0 fully saturated rings. The summed E-state index contributed by atoms with van der Waals surface area (Å²) in [6, 6.07) is 0. The van der Waals surface area contributed by atoms with Gasteiger partial charge in [0.05, 0.1) is 0 Å². The molecule has 6 nitrogen and oxygen atoms in total. The van der Waals surface area contributed by atoms with Gasteiger partial charge in [-0.3, -0.25) is 14.4 Å². The fourth-order valence-corrected chi connectivity index (χ4v) is 10.4. The SMILES string of the molecule is CCCCCCCCC/C=C\CCCCCCCC(=O)OC(COC(=O)CCCCCCCCCCCCCCC)COC(=O)CCCCCCCCCCCCCCCCCCCCCCCCCCCCC. The summed E-state index contributed by atoms with van der Waals surface area (Å²) >= 11 is 0. The van der Waals surface area contributed by atoms with Gasteiger partial charge in [0.2, 0.25) is 0 Å². The maximum absolute atomic E-state index is 12.9. The molecule has 0 radical (unpaired) electrons. The Morgan fingerprint density at radius 3 is 0.676 bits per heavy atom. The van der Waals surface area contributed by atoms with Crippen LogP contribution in [0.3, 0.4) is 0 Å². The van der Waals surface area contributed by atoms with Crippen LogP contribution in [0, 0.1) is 0 Å². The maximum Gasteiger partial charge on any atom is 0.306 e. The lowest BCUT2D eigenvalue weighted by molar-refractivity contribution is -0.167. The molecule has 438 valence electrons. The van der Waals surface area contributed by atoms with E-state index in [-0.39, 0.29) is 31.1 Å². The van der Waals surface area contributed by atoms with Crippen LogP contribution in [0.1, 0.15) is 387 Å². The topological polar surface area (TPSA) is 78.9 Å². The summed E-state index contributed by atoms with van der Waals surface area (Å²) in [6.07, 6.45) is 75.2. The normalized spacial score (nSPS) is 12.0. The van der Waals surface area contributed by atoms with Crippen molar-refractivity contribution >= 4 is 17.9 Å². The lowest BCUT2D eigenvalue weighted by Crippen LogP contribution is -2.30. The van der Waals surface area contributed by atoms with Crippen LogP contribution < -0.4 is 0 Å². The van der Waals surface area contributed by atoms with E-state index >= 15 is 0 Å². The fourth-order valence-electron chi connectivity index (χ4n) is 10.4. The van der Waals surface area contributed by atoms with Gasteiger partial charge < -0.3 is 14.2 Å². The maximum atomic E-state index is 12.9. The molecular formula is C68H130O6. The van der Waals surface area contributed by atoms with Crippen molar-refractivity contribution in [3.63, 3.8) is 0 Å². The van der Waals surface area contributed by atoms with Crippen molar-refractivity contribution in [1.29, 1.82) is 0 Å². The number of hydrogen-bond acceptors (Lipinski definition) is 6. The molecule has 74 heavy (non-hydrogen) atoms. The highest BCUT2D eigenvalue weighted by molar-refractivity contribution is 5.71. The van der Waals surface area contributed by atoms with E-state index < -0.39 is 6.10 Å². The summed E-state index contributed by atoms with van der Waals surface area (Å²) in [6.45, 7) is 6.71. The molecule has 0 heterocycles. The standard InChI is InChI=1S/C68H130O6/c1-4-7-10-13-16-19-22-25-27-29-30-31-32-33-34-35-36-37-38-39-41-43-46-49-52-55-58-61-67(70)73-64-65(63-72-66(69)60-57-54-51-48-45-42-24-21-18-15-12-9-6-3)74-68(71)62-59-56-53-50-47-44-40-28-26-23-20-17-14-11-8-5-2/h28,40,65H,4-27,29-39,41-64H2,1-3H3/b40-28-. The zero-order valence-corrected chi connectivity index (χ0v) is 50.4. The van der Waals surface area contributed by atoms with E-state index in [0.29, 0.717) is 19.3 Å². The second kappa shape index (κ2) is 63.7. The quantitative estimate of drug-likeness (QED) is 0.0261. The van der Waals surface area contributed by atoms with Crippen LogP contribution in [0.4, 0.5) is 0 Å². The molecular weight excluding hydrogens is 913 g/mol. The minimum atomic E-state index is -0.770. The van der Waals surface area contributed by atoms with Gasteiger partial charge in [-0.1, -0.05) is 335 Å². The van der Waals surface area contributed by atoms with Crippen LogP contribution in [0.15, 0.2) is 12.2 Å². The van der Waals surface area contributed by atoms with E-state index in [2.05, 4.69) is 32.9 Å². The molecule has 0 aromatic carbocycles. The molecule has 0 aliphatic heterocycles. The summed E-state index contributed by atoms with van der Waals surface area (Å²) in [5.74, 6) is -0.845. The first-order valence-corrected chi connectivity index (χ1v) is 33.7. The Morgan fingerprint density at radius 1 is 0.257 bits per heavy atom. The highest BCUT2D eigenvalue weighted by Crippen LogP contribution is 2.19. The first-order chi connectivity index (χ1) is 36.5. The molecule has 0 N–H and O–H groups in total. The van der Waals surface area contributed by atoms with Gasteiger partial charge in [-0.25, -0.2) is 0 Å². The average molecular weight is 1040 g/mol. The summed E-state index contributed by atoms with van der Waals surface area (Å²) in [5, 5.41) is 0. The predicted octanol–water partition coefficient (Wildman–Crippen LogP) is 22.8.